The highest BCUT2D eigenvalue weighted by molar-refractivity contribution is 7.99. The number of hydrogen-bond acceptors (Lipinski definition) is 6. The molecule has 0 saturated heterocycles. The first-order chi connectivity index (χ1) is 13.6. The molecule has 1 N–H and O–H groups in total. The highest BCUT2D eigenvalue weighted by Gasteiger charge is 2.17. The molecule has 0 saturated carbocycles. The maximum atomic E-state index is 12.2. The zero-order valence-electron chi connectivity index (χ0n) is 15.4. The van der Waals surface area contributed by atoms with Crippen molar-refractivity contribution in [2.45, 2.75) is 25.0 Å². The van der Waals surface area contributed by atoms with Crippen LogP contribution in [0.2, 0.25) is 0 Å². The normalized spacial score (nSPS) is 10.4. The van der Waals surface area contributed by atoms with E-state index in [0.717, 1.165) is 16.5 Å². The molecule has 0 fully saturated rings. The number of aryl methyl sites for hydroxylation is 1. The van der Waals surface area contributed by atoms with Crippen molar-refractivity contribution in [2.24, 2.45) is 0 Å². The molecule has 2 aromatic heterocycles. The third-order valence-electron chi connectivity index (χ3n) is 3.96. The summed E-state index contributed by atoms with van der Waals surface area (Å²) in [5.74, 6) is 1.91. The van der Waals surface area contributed by atoms with E-state index in [0.29, 0.717) is 35.8 Å². The van der Waals surface area contributed by atoms with E-state index in [1.807, 2.05) is 17.6 Å². The monoisotopic (exact) mass is 393 g/mol. The van der Waals surface area contributed by atoms with Gasteiger partial charge in [-0.3, -0.25) is 9.36 Å². The summed E-state index contributed by atoms with van der Waals surface area (Å²) < 4.78 is 7.31. The number of nitrogens with zero attached hydrogens (tertiary/aromatic N) is 4. The van der Waals surface area contributed by atoms with Gasteiger partial charge in [-0.15, -0.1) is 16.8 Å². The molecule has 3 aromatic rings. The van der Waals surface area contributed by atoms with Crippen LogP contribution < -0.4 is 5.32 Å². The van der Waals surface area contributed by atoms with Crippen molar-refractivity contribution in [3.8, 4) is 17.5 Å². The third kappa shape index (κ3) is 4.50. The number of carbonyl (C=O) groups is 1. The van der Waals surface area contributed by atoms with Gasteiger partial charge in [0, 0.05) is 24.4 Å². The lowest BCUT2D eigenvalue weighted by atomic mass is 10.2. The van der Waals surface area contributed by atoms with Crippen LogP contribution in [0.25, 0.3) is 11.4 Å². The highest BCUT2D eigenvalue weighted by atomic mass is 32.2. The lowest BCUT2D eigenvalue weighted by molar-refractivity contribution is -0.115. The van der Waals surface area contributed by atoms with Gasteiger partial charge in [0.2, 0.25) is 5.91 Å². The Morgan fingerprint density at radius 3 is 3.00 bits per heavy atom. The van der Waals surface area contributed by atoms with Crippen LogP contribution in [-0.2, 0) is 11.3 Å². The minimum Gasteiger partial charge on any atom is -0.469 e. The van der Waals surface area contributed by atoms with E-state index < -0.39 is 0 Å². The van der Waals surface area contributed by atoms with Gasteiger partial charge >= 0.3 is 0 Å². The Bertz CT molecular complexity index is 1030. The van der Waals surface area contributed by atoms with E-state index in [2.05, 4.69) is 28.2 Å². The maximum absolute atomic E-state index is 12.2. The van der Waals surface area contributed by atoms with Gasteiger partial charge in [0.15, 0.2) is 11.0 Å². The molecule has 28 heavy (non-hydrogen) atoms. The number of carbonyl (C=O) groups excluding carboxylic acids is 1. The zero-order valence-corrected chi connectivity index (χ0v) is 16.2. The molecule has 0 unspecified atom stereocenters. The van der Waals surface area contributed by atoms with Crippen molar-refractivity contribution in [3.63, 3.8) is 0 Å². The van der Waals surface area contributed by atoms with Crippen molar-refractivity contribution in [3.05, 3.63) is 60.6 Å². The number of rotatable bonds is 8. The fourth-order valence-corrected chi connectivity index (χ4v) is 3.52. The molecule has 1 amide bonds. The van der Waals surface area contributed by atoms with Gasteiger partial charge in [-0.25, -0.2) is 0 Å². The van der Waals surface area contributed by atoms with Crippen molar-refractivity contribution in [1.29, 1.82) is 5.26 Å². The van der Waals surface area contributed by atoms with Crippen molar-refractivity contribution >= 4 is 23.4 Å². The molecular weight excluding hydrogens is 374 g/mol. The van der Waals surface area contributed by atoms with Crippen LogP contribution in [0.4, 0.5) is 5.69 Å². The number of allylic oxidation sites excluding steroid dienone is 1. The van der Waals surface area contributed by atoms with E-state index in [1.165, 1.54) is 11.8 Å². The smallest absolute Gasteiger partial charge is 0.225 e. The second-order valence-electron chi connectivity index (χ2n) is 5.94. The molecule has 1 aromatic carbocycles. The average Bonchev–Trinajstić information content (AvgIpc) is 3.28. The van der Waals surface area contributed by atoms with Gasteiger partial charge in [0.05, 0.1) is 23.5 Å². The molecule has 0 bridgehead atoms. The van der Waals surface area contributed by atoms with Crippen LogP contribution in [0, 0.1) is 18.3 Å². The molecule has 0 radical (unpaired) electrons. The predicted octanol–water partition coefficient (Wildman–Crippen LogP) is 4.03. The number of nitriles is 1. The van der Waals surface area contributed by atoms with Crippen LogP contribution in [0.3, 0.4) is 0 Å². The highest BCUT2D eigenvalue weighted by Crippen LogP contribution is 2.27. The van der Waals surface area contributed by atoms with Crippen LogP contribution in [-0.4, -0.2) is 26.4 Å². The van der Waals surface area contributed by atoms with Gasteiger partial charge < -0.3 is 9.73 Å². The average molecular weight is 393 g/mol. The number of amides is 1. The van der Waals surface area contributed by atoms with E-state index in [9.17, 15) is 4.79 Å². The summed E-state index contributed by atoms with van der Waals surface area (Å²) in [6.45, 7) is 6.23. The van der Waals surface area contributed by atoms with Gasteiger partial charge in [0.25, 0.3) is 0 Å². The summed E-state index contributed by atoms with van der Waals surface area (Å²) in [7, 11) is 0. The molecule has 8 heteroatoms. The summed E-state index contributed by atoms with van der Waals surface area (Å²) in [4.78, 5) is 12.2. The fourth-order valence-electron chi connectivity index (χ4n) is 2.63. The van der Waals surface area contributed by atoms with Gasteiger partial charge in [-0.2, -0.15) is 5.26 Å². The second-order valence-corrected chi connectivity index (χ2v) is 7.00. The summed E-state index contributed by atoms with van der Waals surface area (Å²) in [5.41, 5.74) is 2.00. The van der Waals surface area contributed by atoms with Crippen LogP contribution in [0.1, 0.15) is 17.7 Å². The summed E-state index contributed by atoms with van der Waals surface area (Å²) in [6, 6.07) is 10.7. The van der Waals surface area contributed by atoms with Crippen LogP contribution in [0.15, 0.2) is 58.8 Å². The van der Waals surface area contributed by atoms with Crippen LogP contribution in [0.5, 0.6) is 0 Å². The number of furan rings is 1. The molecule has 0 aliphatic rings. The fraction of sp³-hybridized carbons (Fsp3) is 0.200. The Morgan fingerprint density at radius 1 is 1.43 bits per heavy atom. The SMILES string of the molecule is C=CCn1c(SCCC(=O)Nc2cccc(C#N)c2)nnc1-c1ccoc1C. The lowest BCUT2D eigenvalue weighted by Gasteiger charge is -2.08. The van der Waals surface area contributed by atoms with Gasteiger partial charge in [-0.05, 0) is 31.2 Å². The molecule has 0 spiro atoms. The van der Waals surface area contributed by atoms with Crippen molar-refractivity contribution in [1.82, 2.24) is 14.8 Å². The first-order valence-electron chi connectivity index (χ1n) is 8.63. The number of nitrogens with one attached hydrogen (secondary N) is 1. The zero-order chi connectivity index (χ0) is 19.9. The molecule has 0 atom stereocenters. The minimum atomic E-state index is -0.122. The first kappa shape index (κ1) is 19.5. The Labute approximate surface area is 167 Å². The Morgan fingerprint density at radius 2 is 2.29 bits per heavy atom. The Kier molecular flexibility index (Phi) is 6.29. The molecule has 142 valence electrons. The number of anilines is 1. The van der Waals surface area contributed by atoms with Gasteiger partial charge in [0.1, 0.15) is 5.76 Å². The maximum Gasteiger partial charge on any atom is 0.225 e. The van der Waals surface area contributed by atoms with Crippen molar-refractivity contribution < 1.29 is 9.21 Å². The number of benzene rings is 1. The summed E-state index contributed by atoms with van der Waals surface area (Å²) >= 11 is 1.46. The second kappa shape index (κ2) is 9.06. The predicted molar refractivity (Wildman–Crippen MR) is 108 cm³/mol. The molecule has 7 nitrogen and oxygen atoms in total. The van der Waals surface area contributed by atoms with E-state index >= 15 is 0 Å². The number of hydrogen-bond donors (Lipinski definition) is 1. The standard InChI is InChI=1S/C20H19N5O2S/c1-3-9-25-19(17-7-10-27-14(17)2)23-24-20(25)28-11-8-18(26)22-16-6-4-5-15(12-16)13-21/h3-7,10,12H,1,8-9,11H2,2H3,(H,22,26). The van der Waals surface area contributed by atoms with E-state index in [1.54, 1.807) is 36.6 Å². The number of aromatic nitrogens is 3. The van der Waals surface area contributed by atoms with Crippen LogP contribution >= 0.6 is 11.8 Å². The molecule has 0 aliphatic heterocycles. The lowest BCUT2D eigenvalue weighted by Crippen LogP contribution is -2.12. The first-order valence-corrected chi connectivity index (χ1v) is 9.62. The summed E-state index contributed by atoms with van der Waals surface area (Å²) in [6.07, 6.45) is 3.71. The Hall–Kier alpha value is -3.31. The van der Waals surface area contributed by atoms with Gasteiger partial charge in [-0.1, -0.05) is 23.9 Å². The third-order valence-corrected chi connectivity index (χ3v) is 4.93. The number of thioether (sulfide) groups is 1. The molecule has 3 rings (SSSR count). The molecule has 2 heterocycles. The molecule has 0 aliphatic carbocycles. The quantitative estimate of drug-likeness (QED) is 0.458. The topological polar surface area (TPSA) is 96.7 Å². The molecular formula is C20H19N5O2S. The largest absolute Gasteiger partial charge is 0.469 e. The van der Waals surface area contributed by atoms with E-state index in [4.69, 9.17) is 9.68 Å². The summed E-state index contributed by atoms with van der Waals surface area (Å²) in [5, 5.41) is 21.0. The van der Waals surface area contributed by atoms with Crippen molar-refractivity contribution in [2.75, 3.05) is 11.1 Å². The minimum absolute atomic E-state index is 0.122. The van der Waals surface area contributed by atoms with E-state index in [-0.39, 0.29) is 5.91 Å². The Balaban J connectivity index is 1.62.